The van der Waals surface area contributed by atoms with Crippen LogP contribution >= 0.6 is 0 Å². The van der Waals surface area contributed by atoms with Crippen molar-refractivity contribution < 1.29 is 10.0 Å². The van der Waals surface area contributed by atoms with E-state index in [1.54, 1.807) is 19.1 Å². The molecular weight excluding hydrogens is 270 g/mol. The molecule has 0 fully saturated rings. The first-order valence-corrected chi connectivity index (χ1v) is 6.23. The molecular formula is C15H13N3O3. The number of hydrogen-bond acceptors (Lipinski definition) is 5. The molecule has 0 aromatic heterocycles. The van der Waals surface area contributed by atoms with Crippen molar-refractivity contribution in [3.63, 3.8) is 0 Å². The molecule has 21 heavy (non-hydrogen) atoms. The molecule has 0 amide bonds. The van der Waals surface area contributed by atoms with E-state index in [0.717, 1.165) is 5.56 Å². The average molecular weight is 283 g/mol. The van der Waals surface area contributed by atoms with Crippen LogP contribution in [0.5, 0.6) is 5.75 Å². The molecule has 0 bridgehead atoms. The van der Waals surface area contributed by atoms with Crippen molar-refractivity contribution in [2.75, 3.05) is 5.32 Å². The molecule has 0 aliphatic heterocycles. The number of nitriles is 1. The van der Waals surface area contributed by atoms with Crippen LogP contribution in [0.25, 0.3) is 0 Å². The van der Waals surface area contributed by atoms with E-state index in [4.69, 9.17) is 5.26 Å². The number of nitrogens with zero attached hydrogens (tertiary/aromatic N) is 2. The number of benzene rings is 2. The van der Waals surface area contributed by atoms with Crippen LogP contribution in [-0.2, 0) is 6.54 Å². The molecule has 2 rings (SSSR count). The molecule has 6 heteroatoms. The number of nitro groups is 1. The number of aromatic hydroxyl groups is 1. The summed E-state index contributed by atoms with van der Waals surface area (Å²) >= 11 is 0. The lowest BCUT2D eigenvalue weighted by molar-refractivity contribution is -0.384. The third-order valence-electron chi connectivity index (χ3n) is 3.13. The number of non-ortho nitro benzene ring substituents is 1. The van der Waals surface area contributed by atoms with E-state index in [9.17, 15) is 15.2 Å². The number of anilines is 1. The van der Waals surface area contributed by atoms with Gasteiger partial charge >= 0.3 is 0 Å². The highest BCUT2D eigenvalue weighted by Gasteiger charge is 2.11. The number of rotatable bonds is 4. The minimum Gasteiger partial charge on any atom is -0.507 e. The molecule has 0 aliphatic carbocycles. The second kappa shape index (κ2) is 5.92. The molecule has 0 heterocycles. The molecule has 0 aliphatic rings. The maximum atomic E-state index is 10.7. The Morgan fingerprint density at radius 3 is 2.81 bits per heavy atom. The Balaban J connectivity index is 2.22. The Morgan fingerprint density at radius 2 is 2.14 bits per heavy atom. The van der Waals surface area contributed by atoms with E-state index < -0.39 is 4.92 Å². The van der Waals surface area contributed by atoms with E-state index >= 15 is 0 Å². The highest BCUT2D eigenvalue weighted by Crippen LogP contribution is 2.25. The van der Waals surface area contributed by atoms with Gasteiger partial charge in [-0.05, 0) is 18.6 Å². The highest BCUT2D eigenvalue weighted by atomic mass is 16.6. The summed E-state index contributed by atoms with van der Waals surface area (Å²) in [6.07, 6.45) is 0. The maximum absolute atomic E-state index is 10.7. The summed E-state index contributed by atoms with van der Waals surface area (Å²) in [6, 6.07) is 11.4. The Bertz CT molecular complexity index is 735. The van der Waals surface area contributed by atoms with E-state index in [0.29, 0.717) is 17.8 Å². The predicted molar refractivity (Wildman–Crippen MR) is 78.0 cm³/mol. The van der Waals surface area contributed by atoms with Crippen molar-refractivity contribution in [3.8, 4) is 11.8 Å². The molecule has 2 N–H and O–H groups in total. The molecule has 0 saturated heterocycles. The van der Waals surface area contributed by atoms with Gasteiger partial charge in [-0.1, -0.05) is 18.2 Å². The second-order valence-electron chi connectivity index (χ2n) is 4.53. The number of para-hydroxylation sites is 1. The first kappa shape index (κ1) is 14.3. The Labute approximate surface area is 121 Å². The Kier molecular flexibility index (Phi) is 4.05. The van der Waals surface area contributed by atoms with Gasteiger partial charge < -0.3 is 10.4 Å². The molecule has 0 spiro atoms. The fourth-order valence-electron chi connectivity index (χ4n) is 1.95. The minimum absolute atomic E-state index is 0.129. The molecule has 2 aromatic carbocycles. The molecule has 0 saturated carbocycles. The Morgan fingerprint density at radius 1 is 1.38 bits per heavy atom. The summed E-state index contributed by atoms with van der Waals surface area (Å²) in [6.45, 7) is 2.12. The van der Waals surface area contributed by atoms with Crippen LogP contribution in [0.4, 0.5) is 11.4 Å². The highest BCUT2D eigenvalue weighted by molar-refractivity contribution is 5.61. The molecule has 6 nitrogen and oxygen atoms in total. The van der Waals surface area contributed by atoms with Gasteiger partial charge in [0, 0.05) is 24.2 Å². The van der Waals surface area contributed by atoms with Gasteiger partial charge in [-0.25, -0.2) is 0 Å². The van der Waals surface area contributed by atoms with Crippen LogP contribution in [0, 0.1) is 28.4 Å². The lowest BCUT2D eigenvalue weighted by atomic mass is 10.1. The smallest absolute Gasteiger partial charge is 0.270 e. The van der Waals surface area contributed by atoms with Crippen LogP contribution in [0.3, 0.4) is 0 Å². The molecule has 106 valence electrons. The van der Waals surface area contributed by atoms with Crippen molar-refractivity contribution in [2.24, 2.45) is 0 Å². The van der Waals surface area contributed by atoms with Crippen molar-refractivity contribution in [3.05, 3.63) is 63.2 Å². The zero-order chi connectivity index (χ0) is 15.4. The zero-order valence-corrected chi connectivity index (χ0v) is 11.3. The van der Waals surface area contributed by atoms with Crippen molar-refractivity contribution in [2.45, 2.75) is 13.5 Å². The number of aryl methyl sites for hydroxylation is 1. The van der Waals surface area contributed by atoms with Crippen LogP contribution in [0.1, 0.15) is 16.7 Å². The summed E-state index contributed by atoms with van der Waals surface area (Å²) in [5.74, 6) is 0.199. The quantitative estimate of drug-likeness (QED) is 0.663. The van der Waals surface area contributed by atoms with Crippen molar-refractivity contribution >= 4 is 11.4 Å². The molecule has 0 unspecified atom stereocenters. The lowest BCUT2D eigenvalue weighted by Gasteiger charge is -2.10. The zero-order valence-electron chi connectivity index (χ0n) is 11.3. The predicted octanol–water partition coefficient (Wildman–Crippen LogP) is 3.09. The summed E-state index contributed by atoms with van der Waals surface area (Å²) in [5, 5.41) is 32.7. The first-order chi connectivity index (χ1) is 10.0. The summed E-state index contributed by atoms with van der Waals surface area (Å²) in [5.41, 5.74) is 2.01. The number of nitro benzene ring substituents is 1. The van der Waals surface area contributed by atoms with Gasteiger partial charge in [-0.2, -0.15) is 5.26 Å². The average Bonchev–Trinajstić information content (AvgIpc) is 2.48. The third kappa shape index (κ3) is 3.09. The van der Waals surface area contributed by atoms with Gasteiger partial charge in [0.15, 0.2) is 0 Å². The topological polar surface area (TPSA) is 99.2 Å². The fraction of sp³-hybridized carbons (Fsp3) is 0.133. The maximum Gasteiger partial charge on any atom is 0.270 e. The SMILES string of the molecule is Cc1cccc(CNc2ccc([N+](=O)[O-])cc2C#N)c1O. The van der Waals surface area contributed by atoms with E-state index in [2.05, 4.69) is 5.32 Å². The molecule has 2 aromatic rings. The van der Waals surface area contributed by atoms with E-state index in [-0.39, 0.29) is 17.0 Å². The minimum atomic E-state index is -0.545. The second-order valence-corrected chi connectivity index (χ2v) is 4.53. The largest absolute Gasteiger partial charge is 0.507 e. The van der Waals surface area contributed by atoms with E-state index in [1.807, 2.05) is 12.1 Å². The van der Waals surface area contributed by atoms with Crippen molar-refractivity contribution in [1.82, 2.24) is 0 Å². The fourth-order valence-corrected chi connectivity index (χ4v) is 1.95. The lowest BCUT2D eigenvalue weighted by Crippen LogP contribution is -2.02. The third-order valence-corrected chi connectivity index (χ3v) is 3.13. The standard InChI is InChI=1S/C15H13N3O3/c1-10-3-2-4-11(15(10)19)9-17-14-6-5-13(18(20)21)7-12(14)8-16/h2-7,17,19H,9H2,1H3. The summed E-state index contributed by atoms with van der Waals surface area (Å²) in [7, 11) is 0. The first-order valence-electron chi connectivity index (χ1n) is 6.23. The number of phenolic OH excluding ortho intramolecular Hbond substituents is 1. The van der Waals surface area contributed by atoms with Gasteiger partial charge in [0.25, 0.3) is 5.69 Å². The number of phenols is 1. The summed E-state index contributed by atoms with van der Waals surface area (Å²) < 4.78 is 0. The van der Waals surface area contributed by atoms with Gasteiger partial charge in [-0.15, -0.1) is 0 Å². The normalized spacial score (nSPS) is 9.90. The number of nitrogens with one attached hydrogen (secondary N) is 1. The monoisotopic (exact) mass is 283 g/mol. The van der Waals surface area contributed by atoms with Crippen molar-refractivity contribution in [1.29, 1.82) is 5.26 Å². The van der Waals surface area contributed by atoms with E-state index in [1.165, 1.54) is 18.2 Å². The summed E-state index contributed by atoms with van der Waals surface area (Å²) in [4.78, 5) is 10.1. The van der Waals surface area contributed by atoms with Gasteiger partial charge in [0.05, 0.1) is 16.2 Å². The van der Waals surface area contributed by atoms with Crippen LogP contribution < -0.4 is 5.32 Å². The van der Waals surface area contributed by atoms with Crippen LogP contribution in [0.2, 0.25) is 0 Å². The number of hydrogen-bond donors (Lipinski definition) is 2. The molecule has 0 atom stereocenters. The molecule has 0 radical (unpaired) electrons. The van der Waals surface area contributed by atoms with Gasteiger partial charge in [0.1, 0.15) is 11.8 Å². The Hall–Kier alpha value is -3.07. The van der Waals surface area contributed by atoms with Crippen LogP contribution in [0.15, 0.2) is 36.4 Å². The van der Waals surface area contributed by atoms with Gasteiger partial charge in [0.2, 0.25) is 0 Å². The van der Waals surface area contributed by atoms with Gasteiger partial charge in [-0.3, -0.25) is 10.1 Å². The van der Waals surface area contributed by atoms with Crippen LogP contribution in [-0.4, -0.2) is 10.0 Å².